The average molecular weight is 223 g/mol. The van der Waals surface area contributed by atoms with E-state index >= 15 is 0 Å². The minimum absolute atomic E-state index is 0.152. The molecule has 0 aromatic carbocycles. The molecular formula is C12H21N3O. The molecule has 0 bridgehead atoms. The highest BCUT2D eigenvalue weighted by atomic mass is 16.5. The monoisotopic (exact) mass is 223 g/mol. The second-order valence-corrected chi connectivity index (χ2v) is 4.08. The fourth-order valence-electron chi connectivity index (χ4n) is 1.75. The smallest absolute Gasteiger partial charge is 0.131 e. The van der Waals surface area contributed by atoms with Crippen molar-refractivity contribution >= 4 is 0 Å². The van der Waals surface area contributed by atoms with E-state index in [1.807, 2.05) is 20.8 Å². The van der Waals surface area contributed by atoms with E-state index in [1.54, 1.807) is 7.11 Å². The van der Waals surface area contributed by atoms with E-state index in [9.17, 15) is 0 Å². The molecule has 16 heavy (non-hydrogen) atoms. The van der Waals surface area contributed by atoms with Crippen molar-refractivity contribution in [2.75, 3.05) is 13.7 Å². The molecule has 0 radical (unpaired) electrons. The normalized spacial score (nSPS) is 12.8. The largest absolute Gasteiger partial charge is 0.381 e. The van der Waals surface area contributed by atoms with Crippen molar-refractivity contribution in [3.05, 3.63) is 22.8 Å². The number of nitrogens with two attached hydrogens (primary N) is 1. The van der Waals surface area contributed by atoms with Crippen molar-refractivity contribution in [2.45, 2.75) is 39.7 Å². The molecule has 1 unspecified atom stereocenters. The number of rotatable bonds is 5. The van der Waals surface area contributed by atoms with Gasteiger partial charge in [0.05, 0.1) is 6.10 Å². The zero-order valence-electron chi connectivity index (χ0n) is 10.6. The number of aryl methyl sites for hydroxylation is 2. The first-order valence-corrected chi connectivity index (χ1v) is 5.64. The molecule has 2 N–H and O–H groups in total. The van der Waals surface area contributed by atoms with Crippen LogP contribution in [0.5, 0.6) is 0 Å². The Kier molecular flexibility index (Phi) is 4.83. The van der Waals surface area contributed by atoms with Crippen molar-refractivity contribution in [3.8, 4) is 0 Å². The number of hydrogen-bond acceptors (Lipinski definition) is 4. The fourth-order valence-corrected chi connectivity index (χ4v) is 1.75. The van der Waals surface area contributed by atoms with Crippen LogP contribution < -0.4 is 5.73 Å². The Balaban J connectivity index is 2.91. The predicted octanol–water partition coefficient (Wildman–Crippen LogP) is 1.17. The van der Waals surface area contributed by atoms with E-state index in [-0.39, 0.29) is 6.10 Å². The highest BCUT2D eigenvalue weighted by Gasteiger charge is 2.10. The summed E-state index contributed by atoms with van der Waals surface area (Å²) in [6, 6.07) is 0. The maximum atomic E-state index is 5.56. The Bertz CT molecular complexity index is 329. The molecule has 4 heteroatoms. The van der Waals surface area contributed by atoms with Gasteiger partial charge in [0.2, 0.25) is 0 Å². The number of hydrogen-bond donors (Lipinski definition) is 1. The molecule has 0 aliphatic heterocycles. The summed E-state index contributed by atoms with van der Waals surface area (Å²) in [7, 11) is 1.70. The van der Waals surface area contributed by atoms with E-state index in [4.69, 9.17) is 10.5 Å². The van der Waals surface area contributed by atoms with Gasteiger partial charge < -0.3 is 10.5 Å². The van der Waals surface area contributed by atoms with Crippen LogP contribution in [0.3, 0.4) is 0 Å². The van der Waals surface area contributed by atoms with Crippen LogP contribution in [0.1, 0.15) is 29.7 Å². The summed E-state index contributed by atoms with van der Waals surface area (Å²) in [6.07, 6.45) is 1.75. The van der Waals surface area contributed by atoms with Gasteiger partial charge in [-0.25, -0.2) is 9.97 Å². The molecular weight excluding hydrogens is 202 g/mol. The second-order valence-electron chi connectivity index (χ2n) is 4.08. The Labute approximate surface area is 97.2 Å². The number of aromatic nitrogens is 2. The van der Waals surface area contributed by atoms with Crippen LogP contribution in [0.2, 0.25) is 0 Å². The van der Waals surface area contributed by atoms with Gasteiger partial charge in [0.15, 0.2) is 0 Å². The molecule has 90 valence electrons. The van der Waals surface area contributed by atoms with Gasteiger partial charge in [-0.2, -0.15) is 0 Å². The molecule has 0 saturated carbocycles. The Morgan fingerprint density at radius 2 is 1.81 bits per heavy atom. The molecule has 1 atom stereocenters. The topological polar surface area (TPSA) is 61.0 Å². The van der Waals surface area contributed by atoms with E-state index in [0.717, 1.165) is 30.1 Å². The zero-order valence-corrected chi connectivity index (χ0v) is 10.6. The van der Waals surface area contributed by atoms with Crippen LogP contribution in [0, 0.1) is 13.8 Å². The van der Waals surface area contributed by atoms with Crippen LogP contribution in [0.4, 0.5) is 0 Å². The molecule has 4 nitrogen and oxygen atoms in total. The van der Waals surface area contributed by atoms with Gasteiger partial charge in [0, 0.05) is 24.9 Å². The summed E-state index contributed by atoms with van der Waals surface area (Å²) in [5.41, 5.74) is 8.82. The summed E-state index contributed by atoms with van der Waals surface area (Å²) in [5, 5.41) is 0. The third-order valence-corrected chi connectivity index (χ3v) is 2.73. The molecule has 0 aliphatic carbocycles. The summed E-state index contributed by atoms with van der Waals surface area (Å²) < 4.78 is 5.21. The van der Waals surface area contributed by atoms with Gasteiger partial charge >= 0.3 is 0 Å². The summed E-state index contributed by atoms with van der Waals surface area (Å²) in [4.78, 5) is 8.99. The van der Waals surface area contributed by atoms with Crippen LogP contribution in [0.15, 0.2) is 0 Å². The Morgan fingerprint density at radius 1 is 1.25 bits per heavy atom. The van der Waals surface area contributed by atoms with E-state index in [2.05, 4.69) is 9.97 Å². The van der Waals surface area contributed by atoms with Gasteiger partial charge in [-0.15, -0.1) is 0 Å². The summed E-state index contributed by atoms with van der Waals surface area (Å²) in [6.45, 7) is 6.68. The fraction of sp³-hybridized carbons (Fsp3) is 0.667. The molecule has 0 saturated heterocycles. The first kappa shape index (κ1) is 13.1. The lowest BCUT2D eigenvalue weighted by molar-refractivity contribution is 0.117. The number of nitrogens with zero attached hydrogens (tertiary/aromatic N) is 2. The summed E-state index contributed by atoms with van der Waals surface area (Å²) in [5.74, 6) is 0.852. The number of ether oxygens (including phenoxy) is 1. The van der Waals surface area contributed by atoms with Crippen LogP contribution in [-0.4, -0.2) is 29.7 Å². The van der Waals surface area contributed by atoms with E-state index in [1.165, 1.54) is 5.56 Å². The molecule has 1 aromatic heterocycles. The van der Waals surface area contributed by atoms with Crippen molar-refractivity contribution in [3.63, 3.8) is 0 Å². The molecule has 1 heterocycles. The number of methoxy groups -OCH3 is 1. The quantitative estimate of drug-likeness (QED) is 0.814. The predicted molar refractivity (Wildman–Crippen MR) is 64.4 cm³/mol. The second kappa shape index (κ2) is 5.92. The zero-order chi connectivity index (χ0) is 12.1. The molecule has 1 aromatic rings. The summed E-state index contributed by atoms with van der Waals surface area (Å²) >= 11 is 0. The van der Waals surface area contributed by atoms with Gasteiger partial charge in [0.25, 0.3) is 0 Å². The third-order valence-electron chi connectivity index (χ3n) is 2.73. The lowest BCUT2D eigenvalue weighted by atomic mass is 10.1. The average Bonchev–Trinajstić information content (AvgIpc) is 2.23. The Morgan fingerprint density at radius 3 is 2.25 bits per heavy atom. The molecule has 0 fully saturated rings. The van der Waals surface area contributed by atoms with Gasteiger partial charge in [-0.05, 0) is 39.3 Å². The van der Waals surface area contributed by atoms with Crippen LogP contribution in [0.25, 0.3) is 0 Å². The lowest BCUT2D eigenvalue weighted by Crippen LogP contribution is -2.15. The molecule has 1 rings (SSSR count). The van der Waals surface area contributed by atoms with Crippen molar-refractivity contribution in [2.24, 2.45) is 5.73 Å². The van der Waals surface area contributed by atoms with Crippen molar-refractivity contribution in [1.82, 2.24) is 9.97 Å². The van der Waals surface area contributed by atoms with Gasteiger partial charge in [-0.3, -0.25) is 0 Å². The van der Waals surface area contributed by atoms with Crippen LogP contribution >= 0.6 is 0 Å². The van der Waals surface area contributed by atoms with Crippen LogP contribution in [-0.2, 0) is 17.6 Å². The highest BCUT2D eigenvalue weighted by Crippen LogP contribution is 2.11. The van der Waals surface area contributed by atoms with Crippen molar-refractivity contribution < 1.29 is 4.74 Å². The molecule has 0 aliphatic rings. The maximum Gasteiger partial charge on any atom is 0.131 e. The van der Waals surface area contributed by atoms with E-state index < -0.39 is 0 Å². The lowest BCUT2D eigenvalue weighted by Gasteiger charge is -2.12. The molecule has 0 spiro atoms. The van der Waals surface area contributed by atoms with Gasteiger partial charge in [-0.1, -0.05) is 0 Å². The van der Waals surface area contributed by atoms with Gasteiger partial charge in [0.1, 0.15) is 5.82 Å². The molecule has 0 amide bonds. The SMILES string of the molecule is COC(C)Cc1nc(C)c(CCN)c(C)n1. The highest BCUT2D eigenvalue weighted by molar-refractivity contribution is 5.24. The van der Waals surface area contributed by atoms with Crippen molar-refractivity contribution in [1.29, 1.82) is 0 Å². The van der Waals surface area contributed by atoms with E-state index in [0.29, 0.717) is 6.54 Å². The minimum Gasteiger partial charge on any atom is -0.381 e. The third kappa shape index (κ3) is 3.25. The Hall–Kier alpha value is -1.00. The standard InChI is InChI=1S/C12H21N3O/c1-8(16-4)7-12-14-9(2)11(5-6-13)10(3)15-12/h8H,5-7,13H2,1-4H3. The first-order valence-electron chi connectivity index (χ1n) is 5.64. The minimum atomic E-state index is 0.152. The first-order chi connectivity index (χ1) is 7.58. The maximum absolute atomic E-state index is 5.56.